The molecule has 0 saturated carbocycles. The molecule has 0 aliphatic carbocycles. The van der Waals surface area contributed by atoms with Gasteiger partial charge in [-0.15, -0.1) is 0 Å². The van der Waals surface area contributed by atoms with E-state index in [2.05, 4.69) is 10.6 Å². The molecule has 2 amide bonds. The number of benzene rings is 1. The lowest BCUT2D eigenvalue weighted by atomic mass is 9.99. The quantitative estimate of drug-likeness (QED) is 0.779. The third-order valence-electron chi connectivity index (χ3n) is 2.88. The molecule has 6 heteroatoms. The molecule has 0 radical (unpaired) electrons. The fourth-order valence-electron chi connectivity index (χ4n) is 1.72. The van der Waals surface area contributed by atoms with Crippen molar-refractivity contribution in [2.75, 3.05) is 5.32 Å². The molecule has 0 atom stereocenters. The van der Waals surface area contributed by atoms with E-state index in [1.54, 1.807) is 26.0 Å². The fraction of sp³-hybridized carbons (Fsp3) is 0.429. The lowest BCUT2D eigenvalue weighted by molar-refractivity contribution is -0.137. The van der Waals surface area contributed by atoms with E-state index in [1.807, 2.05) is 13.0 Å². The highest BCUT2D eigenvalue weighted by Gasteiger charge is 2.22. The highest BCUT2D eigenvalue weighted by Crippen LogP contribution is 2.25. The van der Waals surface area contributed by atoms with Gasteiger partial charge in [-0.3, -0.25) is 4.79 Å². The zero-order chi connectivity index (χ0) is 15.3. The maximum atomic E-state index is 11.9. The minimum atomic E-state index is -0.887. The van der Waals surface area contributed by atoms with E-state index >= 15 is 0 Å². The van der Waals surface area contributed by atoms with Gasteiger partial charge in [0.05, 0.1) is 10.7 Å². The van der Waals surface area contributed by atoms with Gasteiger partial charge in [0, 0.05) is 12.0 Å². The van der Waals surface area contributed by atoms with Crippen molar-refractivity contribution in [1.29, 1.82) is 0 Å². The van der Waals surface area contributed by atoms with Crippen molar-refractivity contribution in [2.45, 2.75) is 39.2 Å². The van der Waals surface area contributed by atoms with E-state index < -0.39 is 17.5 Å². The van der Waals surface area contributed by atoms with Gasteiger partial charge in [0.2, 0.25) is 0 Å². The van der Waals surface area contributed by atoms with Gasteiger partial charge >= 0.3 is 12.0 Å². The molecule has 0 fully saturated rings. The number of aliphatic carboxylic acids is 1. The van der Waals surface area contributed by atoms with Crippen LogP contribution in [0, 0.1) is 6.92 Å². The first kappa shape index (κ1) is 16.3. The van der Waals surface area contributed by atoms with Crippen molar-refractivity contribution in [3.8, 4) is 0 Å². The van der Waals surface area contributed by atoms with Crippen LogP contribution in [-0.4, -0.2) is 22.6 Å². The molecule has 1 aromatic carbocycles. The molecule has 20 heavy (non-hydrogen) atoms. The summed E-state index contributed by atoms with van der Waals surface area (Å²) in [6.45, 7) is 5.39. The van der Waals surface area contributed by atoms with Crippen molar-refractivity contribution >= 4 is 29.3 Å². The summed E-state index contributed by atoms with van der Waals surface area (Å²) in [5.41, 5.74) is 0.800. The highest BCUT2D eigenvalue weighted by molar-refractivity contribution is 6.33. The number of urea groups is 1. The van der Waals surface area contributed by atoms with Crippen LogP contribution < -0.4 is 10.6 Å². The average molecular weight is 299 g/mol. The Labute approximate surface area is 123 Å². The maximum absolute atomic E-state index is 11.9. The Morgan fingerprint density at radius 2 is 2.00 bits per heavy atom. The number of nitrogens with one attached hydrogen (secondary N) is 2. The lowest BCUT2D eigenvalue weighted by Gasteiger charge is -2.26. The second-order valence-corrected chi connectivity index (χ2v) is 5.70. The van der Waals surface area contributed by atoms with Crippen molar-refractivity contribution < 1.29 is 14.7 Å². The molecule has 110 valence electrons. The summed E-state index contributed by atoms with van der Waals surface area (Å²) in [6, 6.07) is 4.94. The van der Waals surface area contributed by atoms with E-state index in [4.69, 9.17) is 16.7 Å². The van der Waals surface area contributed by atoms with E-state index in [1.165, 1.54) is 0 Å². The maximum Gasteiger partial charge on any atom is 0.319 e. The lowest BCUT2D eigenvalue weighted by Crippen LogP contribution is -2.45. The number of hydrogen-bond donors (Lipinski definition) is 3. The zero-order valence-corrected chi connectivity index (χ0v) is 12.5. The van der Waals surface area contributed by atoms with Crippen molar-refractivity contribution in [1.82, 2.24) is 5.32 Å². The van der Waals surface area contributed by atoms with Gasteiger partial charge in [0.25, 0.3) is 0 Å². The van der Waals surface area contributed by atoms with Crippen LogP contribution in [0.4, 0.5) is 10.5 Å². The van der Waals surface area contributed by atoms with E-state index in [0.717, 1.165) is 5.56 Å². The number of carbonyl (C=O) groups is 2. The summed E-state index contributed by atoms with van der Waals surface area (Å²) in [5, 5.41) is 14.6. The molecule has 1 aromatic rings. The molecule has 0 heterocycles. The zero-order valence-electron chi connectivity index (χ0n) is 11.8. The fourth-order valence-corrected chi connectivity index (χ4v) is 1.99. The summed E-state index contributed by atoms with van der Waals surface area (Å²) in [6.07, 6.45) is 0.343. The first-order valence-electron chi connectivity index (χ1n) is 6.27. The summed E-state index contributed by atoms with van der Waals surface area (Å²) in [5.74, 6) is -0.887. The molecule has 0 unspecified atom stereocenters. The van der Waals surface area contributed by atoms with Gasteiger partial charge in [-0.05, 0) is 38.8 Å². The van der Waals surface area contributed by atoms with E-state index in [9.17, 15) is 9.59 Å². The van der Waals surface area contributed by atoms with Crippen LogP contribution in [0.1, 0.15) is 32.3 Å². The Morgan fingerprint density at radius 3 is 2.55 bits per heavy atom. The molecule has 0 spiro atoms. The Kier molecular flexibility index (Phi) is 5.39. The number of para-hydroxylation sites is 1. The van der Waals surface area contributed by atoms with E-state index in [0.29, 0.717) is 17.1 Å². The molecule has 3 N–H and O–H groups in total. The smallest absolute Gasteiger partial charge is 0.319 e. The monoisotopic (exact) mass is 298 g/mol. The molecular weight excluding hydrogens is 280 g/mol. The SMILES string of the molecule is Cc1cccc(Cl)c1NC(=O)NC(C)(C)CCC(=O)O. The Balaban J connectivity index is 2.65. The van der Waals surface area contributed by atoms with Crippen LogP contribution >= 0.6 is 11.6 Å². The molecule has 5 nitrogen and oxygen atoms in total. The first-order valence-corrected chi connectivity index (χ1v) is 6.65. The van der Waals surface area contributed by atoms with Crippen LogP contribution in [-0.2, 0) is 4.79 Å². The number of anilines is 1. The number of rotatable bonds is 5. The number of aryl methyl sites for hydroxylation is 1. The molecule has 0 aromatic heterocycles. The number of carboxylic acid groups (broad SMARTS) is 1. The molecule has 1 rings (SSSR count). The Hall–Kier alpha value is -1.75. The van der Waals surface area contributed by atoms with Crippen LogP contribution in [0.3, 0.4) is 0 Å². The van der Waals surface area contributed by atoms with E-state index in [-0.39, 0.29) is 6.42 Å². The summed E-state index contributed by atoms with van der Waals surface area (Å²) in [7, 11) is 0. The topological polar surface area (TPSA) is 78.4 Å². The largest absolute Gasteiger partial charge is 0.481 e. The Bertz CT molecular complexity index is 495. The van der Waals surface area contributed by atoms with Crippen molar-refractivity contribution in [2.24, 2.45) is 0 Å². The van der Waals surface area contributed by atoms with Crippen LogP contribution in [0.5, 0.6) is 0 Å². The van der Waals surface area contributed by atoms with Gasteiger partial charge in [0.15, 0.2) is 0 Å². The number of carboxylic acids is 1. The molecule has 0 saturated heterocycles. The minimum absolute atomic E-state index is 0.00159. The van der Waals surface area contributed by atoms with Gasteiger partial charge in [-0.25, -0.2) is 4.79 Å². The molecule has 0 bridgehead atoms. The highest BCUT2D eigenvalue weighted by atomic mass is 35.5. The number of hydrogen-bond acceptors (Lipinski definition) is 2. The molecule has 0 aliphatic rings. The number of carbonyl (C=O) groups excluding carboxylic acids is 1. The summed E-state index contributed by atoms with van der Waals surface area (Å²) < 4.78 is 0. The first-order chi connectivity index (χ1) is 9.21. The predicted octanol–water partition coefficient (Wildman–Crippen LogP) is 3.41. The van der Waals surface area contributed by atoms with Gasteiger partial charge in [-0.1, -0.05) is 23.7 Å². The average Bonchev–Trinajstić information content (AvgIpc) is 2.31. The number of amides is 2. The predicted molar refractivity (Wildman–Crippen MR) is 79.3 cm³/mol. The van der Waals surface area contributed by atoms with Crippen molar-refractivity contribution in [3.63, 3.8) is 0 Å². The number of halogens is 1. The third kappa shape index (κ3) is 5.09. The van der Waals surface area contributed by atoms with Crippen LogP contribution in [0.25, 0.3) is 0 Å². The third-order valence-corrected chi connectivity index (χ3v) is 3.19. The summed E-state index contributed by atoms with van der Waals surface area (Å²) in [4.78, 5) is 22.5. The molecule has 0 aliphatic heterocycles. The van der Waals surface area contributed by atoms with Gasteiger partial charge in [0.1, 0.15) is 0 Å². The molecular formula is C14H19ClN2O3. The Morgan fingerprint density at radius 1 is 1.35 bits per heavy atom. The summed E-state index contributed by atoms with van der Waals surface area (Å²) >= 11 is 6.03. The standard InChI is InChI=1S/C14H19ClN2O3/c1-9-5-4-6-10(15)12(9)16-13(20)17-14(2,3)8-7-11(18)19/h4-6H,7-8H2,1-3H3,(H,18,19)(H2,16,17,20). The second kappa shape index (κ2) is 6.61. The second-order valence-electron chi connectivity index (χ2n) is 5.29. The van der Waals surface area contributed by atoms with Gasteiger partial charge < -0.3 is 15.7 Å². The van der Waals surface area contributed by atoms with Crippen LogP contribution in [0.2, 0.25) is 5.02 Å². The minimum Gasteiger partial charge on any atom is -0.481 e. The van der Waals surface area contributed by atoms with Gasteiger partial charge in [-0.2, -0.15) is 0 Å². The van der Waals surface area contributed by atoms with Crippen LogP contribution in [0.15, 0.2) is 18.2 Å². The van der Waals surface area contributed by atoms with Crippen molar-refractivity contribution in [3.05, 3.63) is 28.8 Å². The normalized spacial score (nSPS) is 11.0.